The lowest BCUT2D eigenvalue weighted by molar-refractivity contribution is -0.148. The molecule has 2 aromatic rings. The molecule has 0 spiro atoms. The first-order chi connectivity index (χ1) is 15.0. The van der Waals surface area contributed by atoms with Gasteiger partial charge in [0.05, 0.1) is 31.9 Å². The second-order valence-corrected chi connectivity index (χ2v) is 7.03. The van der Waals surface area contributed by atoms with Crippen molar-refractivity contribution in [3.8, 4) is 17.6 Å². The standard InChI is InChI=1S/C24H24N2O5/c1-29-19-10-11-22(30-2)20(14-19)21-4-3-13-26(21)23(27)16-31-24(28)12-9-17-5-7-18(15-25)8-6-17/h5-12,14,21H,3-4,13,16H2,1-2H3/b12-9+/t21-/m1/s1. The monoisotopic (exact) mass is 420 g/mol. The second kappa shape index (κ2) is 10.3. The van der Waals surface area contributed by atoms with Crippen molar-refractivity contribution in [3.63, 3.8) is 0 Å². The van der Waals surface area contributed by atoms with E-state index in [1.54, 1.807) is 49.5 Å². The van der Waals surface area contributed by atoms with E-state index in [0.717, 1.165) is 24.0 Å². The van der Waals surface area contributed by atoms with Crippen LogP contribution in [0.1, 0.15) is 35.6 Å². The van der Waals surface area contributed by atoms with Gasteiger partial charge in [0.25, 0.3) is 5.91 Å². The van der Waals surface area contributed by atoms with Gasteiger partial charge in [-0.25, -0.2) is 4.79 Å². The molecule has 0 unspecified atom stereocenters. The number of likely N-dealkylation sites (tertiary alicyclic amines) is 1. The van der Waals surface area contributed by atoms with E-state index in [9.17, 15) is 9.59 Å². The molecular weight excluding hydrogens is 396 g/mol. The van der Waals surface area contributed by atoms with Gasteiger partial charge in [-0.2, -0.15) is 5.26 Å². The molecule has 0 N–H and O–H groups in total. The number of hydrogen-bond donors (Lipinski definition) is 0. The molecule has 3 rings (SSSR count). The van der Waals surface area contributed by atoms with Crippen molar-refractivity contribution >= 4 is 18.0 Å². The minimum Gasteiger partial charge on any atom is -0.497 e. The molecule has 1 amide bonds. The maximum Gasteiger partial charge on any atom is 0.331 e. The summed E-state index contributed by atoms with van der Waals surface area (Å²) in [5.74, 6) is 0.516. The first-order valence-electron chi connectivity index (χ1n) is 9.92. The molecule has 1 heterocycles. The summed E-state index contributed by atoms with van der Waals surface area (Å²) in [6.07, 6.45) is 4.49. The van der Waals surface area contributed by atoms with Crippen LogP contribution in [0.2, 0.25) is 0 Å². The molecule has 0 aromatic heterocycles. The summed E-state index contributed by atoms with van der Waals surface area (Å²) >= 11 is 0. The molecule has 31 heavy (non-hydrogen) atoms. The number of ether oxygens (including phenoxy) is 3. The van der Waals surface area contributed by atoms with E-state index < -0.39 is 5.97 Å². The first-order valence-corrected chi connectivity index (χ1v) is 9.92. The largest absolute Gasteiger partial charge is 0.497 e. The Labute approximate surface area is 181 Å². The number of rotatable bonds is 7. The van der Waals surface area contributed by atoms with Gasteiger partial charge in [-0.3, -0.25) is 4.79 Å². The average molecular weight is 420 g/mol. The average Bonchev–Trinajstić information content (AvgIpc) is 3.31. The van der Waals surface area contributed by atoms with Gasteiger partial charge in [-0.05, 0) is 54.8 Å². The third kappa shape index (κ3) is 5.43. The van der Waals surface area contributed by atoms with Crippen molar-refractivity contribution in [2.45, 2.75) is 18.9 Å². The Balaban J connectivity index is 1.61. The molecule has 1 aliphatic heterocycles. The van der Waals surface area contributed by atoms with Crippen molar-refractivity contribution in [2.24, 2.45) is 0 Å². The van der Waals surface area contributed by atoms with Crippen molar-refractivity contribution in [3.05, 3.63) is 65.2 Å². The van der Waals surface area contributed by atoms with Gasteiger partial charge in [-0.15, -0.1) is 0 Å². The number of benzene rings is 2. The lowest BCUT2D eigenvalue weighted by Crippen LogP contribution is -2.34. The van der Waals surface area contributed by atoms with Crippen LogP contribution in [0.3, 0.4) is 0 Å². The molecule has 0 bridgehead atoms. The topological polar surface area (TPSA) is 88.9 Å². The molecule has 1 fully saturated rings. The lowest BCUT2D eigenvalue weighted by atomic mass is 10.0. The van der Waals surface area contributed by atoms with Crippen LogP contribution in [0.5, 0.6) is 11.5 Å². The Bertz CT molecular complexity index is 1010. The van der Waals surface area contributed by atoms with Crippen LogP contribution in [0.15, 0.2) is 48.5 Å². The third-order valence-corrected chi connectivity index (χ3v) is 5.16. The molecule has 0 saturated carbocycles. The predicted molar refractivity (Wildman–Crippen MR) is 114 cm³/mol. The van der Waals surface area contributed by atoms with Crippen molar-refractivity contribution in [2.75, 3.05) is 27.4 Å². The van der Waals surface area contributed by atoms with Crippen LogP contribution in [-0.4, -0.2) is 44.1 Å². The summed E-state index contributed by atoms with van der Waals surface area (Å²) in [4.78, 5) is 26.5. The van der Waals surface area contributed by atoms with Crippen LogP contribution in [-0.2, 0) is 14.3 Å². The maximum atomic E-state index is 12.8. The van der Waals surface area contributed by atoms with E-state index in [-0.39, 0.29) is 18.6 Å². The highest BCUT2D eigenvalue weighted by Gasteiger charge is 2.32. The Morgan fingerprint density at radius 1 is 1.16 bits per heavy atom. The molecule has 0 radical (unpaired) electrons. The zero-order valence-electron chi connectivity index (χ0n) is 17.5. The fourth-order valence-electron chi connectivity index (χ4n) is 3.59. The molecular formula is C24H24N2O5. The van der Waals surface area contributed by atoms with Crippen LogP contribution >= 0.6 is 0 Å². The number of amides is 1. The smallest absolute Gasteiger partial charge is 0.331 e. The van der Waals surface area contributed by atoms with Crippen LogP contribution in [0.25, 0.3) is 6.08 Å². The van der Waals surface area contributed by atoms with Crippen molar-refractivity contribution in [1.29, 1.82) is 5.26 Å². The van der Waals surface area contributed by atoms with E-state index in [2.05, 4.69) is 0 Å². The predicted octanol–water partition coefficient (Wildman–Crippen LogP) is 3.50. The number of nitriles is 1. The summed E-state index contributed by atoms with van der Waals surface area (Å²) in [6.45, 7) is 0.252. The fourth-order valence-corrected chi connectivity index (χ4v) is 3.59. The van der Waals surface area contributed by atoms with E-state index in [1.165, 1.54) is 6.08 Å². The zero-order valence-corrected chi connectivity index (χ0v) is 17.5. The van der Waals surface area contributed by atoms with E-state index in [0.29, 0.717) is 23.6 Å². The van der Waals surface area contributed by atoms with Gasteiger partial charge >= 0.3 is 5.97 Å². The maximum absolute atomic E-state index is 12.8. The Morgan fingerprint density at radius 3 is 2.61 bits per heavy atom. The third-order valence-electron chi connectivity index (χ3n) is 5.16. The van der Waals surface area contributed by atoms with Crippen LogP contribution in [0, 0.1) is 11.3 Å². The van der Waals surface area contributed by atoms with Crippen LogP contribution < -0.4 is 9.47 Å². The highest BCUT2D eigenvalue weighted by molar-refractivity contribution is 5.89. The number of esters is 1. The first kappa shape index (κ1) is 21.9. The summed E-state index contributed by atoms with van der Waals surface area (Å²) in [6, 6.07) is 14.2. The quantitative estimate of drug-likeness (QED) is 0.503. The van der Waals surface area contributed by atoms with Gasteiger partial charge < -0.3 is 19.1 Å². The minimum atomic E-state index is -0.604. The van der Waals surface area contributed by atoms with Gasteiger partial charge in [0, 0.05) is 18.2 Å². The lowest BCUT2D eigenvalue weighted by Gasteiger charge is -2.26. The molecule has 1 saturated heterocycles. The number of nitrogens with zero attached hydrogens (tertiary/aromatic N) is 2. The highest BCUT2D eigenvalue weighted by atomic mass is 16.5. The number of carbonyl (C=O) groups excluding carboxylic acids is 2. The van der Waals surface area contributed by atoms with Gasteiger partial charge in [-0.1, -0.05) is 12.1 Å². The molecule has 160 valence electrons. The normalized spacial score (nSPS) is 15.5. The van der Waals surface area contributed by atoms with E-state index in [1.807, 2.05) is 24.3 Å². The summed E-state index contributed by atoms with van der Waals surface area (Å²) < 4.78 is 15.9. The van der Waals surface area contributed by atoms with Gasteiger partial charge in [0.2, 0.25) is 0 Å². The van der Waals surface area contributed by atoms with Crippen molar-refractivity contribution < 1.29 is 23.8 Å². The molecule has 1 atom stereocenters. The van der Waals surface area contributed by atoms with Crippen molar-refractivity contribution in [1.82, 2.24) is 4.90 Å². The molecule has 7 nitrogen and oxygen atoms in total. The fraction of sp³-hybridized carbons (Fsp3) is 0.292. The molecule has 2 aromatic carbocycles. The van der Waals surface area contributed by atoms with Gasteiger partial charge in [0.1, 0.15) is 11.5 Å². The van der Waals surface area contributed by atoms with E-state index in [4.69, 9.17) is 19.5 Å². The highest BCUT2D eigenvalue weighted by Crippen LogP contribution is 2.38. The Morgan fingerprint density at radius 2 is 1.94 bits per heavy atom. The Kier molecular flexibility index (Phi) is 7.28. The van der Waals surface area contributed by atoms with Gasteiger partial charge in [0.15, 0.2) is 6.61 Å². The second-order valence-electron chi connectivity index (χ2n) is 7.03. The zero-order chi connectivity index (χ0) is 22.2. The molecule has 0 aliphatic carbocycles. The summed E-state index contributed by atoms with van der Waals surface area (Å²) in [5.41, 5.74) is 2.17. The Hall–Kier alpha value is -3.79. The van der Waals surface area contributed by atoms with E-state index >= 15 is 0 Å². The van der Waals surface area contributed by atoms with Crippen LogP contribution in [0.4, 0.5) is 0 Å². The number of methoxy groups -OCH3 is 2. The number of carbonyl (C=O) groups is 2. The minimum absolute atomic E-state index is 0.162. The number of hydrogen-bond acceptors (Lipinski definition) is 6. The summed E-state index contributed by atoms with van der Waals surface area (Å²) in [5, 5.41) is 8.81. The molecule has 1 aliphatic rings. The summed E-state index contributed by atoms with van der Waals surface area (Å²) in [7, 11) is 3.18. The SMILES string of the molecule is COc1ccc(OC)c([C@H]2CCCN2C(=O)COC(=O)/C=C/c2ccc(C#N)cc2)c1. The molecule has 7 heteroatoms.